The third-order valence-corrected chi connectivity index (χ3v) is 3.69. The summed E-state index contributed by atoms with van der Waals surface area (Å²) in [7, 11) is 1.82. The van der Waals surface area contributed by atoms with E-state index in [9.17, 15) is 4.79 Å². The van der Waals surface area contributed by atoms with Crippen molar-refractivity contribution in [3.63, 3.8) is 0 Å². The molecule has 4 heteroatoms. The average Bonchev–Trinajstić information content (AvgIpc) is 2.19. The zero-order chi connectivity index (χ0) is 11.6. The molecule has 0 unspecified atom stereocenters. The number of rotatable bonds is 2. The van der Waals surface area contributed by atoms with Gasteiger partial charge in [0, 0.05) is 21.1 Å². The second-order valence-electron chi connectivity index (χ2n) is 3.63. The van der Waals surface area contributed by atoms with Crippen LogP contribution in [0.25, 0.3) is 0 Å². The van der Waals surface area contributed by atoms with Gasteiger partial charge in [-0.25, -0.2) is 0 Å². The molecule has 0 aliphatic carbocycles. The van der Waals surface area contributed by atoms with Crippen LogP contribution < -0.4 is 0 Å². The molecule has 0 atom stereocenters. The van der Waals surface area contributed by atoms with E-state index in [1.165, 1.54) is 0 Å². The van der Waals surface area contributed by atoms with Gasteiger partial charge in [-0.3, -0.25) is 4.79 Å². The molecule has 1 amide bonds. The van der Waals surface area contributed by atoms with Crippen LogP contribution >= 0.6 is 38.5 Å². The van der Waals surface area contributed by atoms with Gasteiger partial charge < -0.3 is 4.90 Å². The number of hydrogen-bond acceptors (Lipinski definition) is 1. The van der Waals surface area contributed by atoms with Crippen molar-refractivity contribution in [2.24, 2.45) is 0 Å². The summed E-state index contributed by atoms with van der Waals surface area (Å²) in [4.78, 5) is 13.8. The summed E-state index contributed by atoms with van der Waals surface area (Å²) in [6, 6.07) is 5.95. The molecule has 0 radical (unpaired) electrons. The molecule has 0 fully saturated rings. The van der Waals surface area contributed by atoms with Gasteiger partial charge in [-0.1, -0.05) is 15.9 Å². The Morgan fingerprint density at radius 2 is 2.07 bits per heavy atom. The Bertz CT molecular complexity index is 379. The van der Waals surface area contributed by atoms with E-state index in [0.717, 1.165) is 13.6 Å². The largest absolute Gasteiger partial charge is 0.339 e. The minimum absolute atomic E-state index is 0.0655. The van der Waals surface area contributed by atoms with Crippen molar-refractivity contribution in [3.05, 3.63) is 31.8 Å². The van der Waals surface area contributed by atoms with Gasteiger partial charge in [-0.2, -0.15) is 0 Å². The second kappa shape index (κ2) is 5.30. The van der Waals surface area contributed by atoms with E-state index >= 15 is 0 Å². The van der Waals surface area contributed by atoms with Gasteiger partial charge in [0.25, 0.3) is 5.91 Å². The van der Waals surface area contributed by atoms with Crippen LogP contribution in [0.15, 0.2) is 22.7 Å². The summed E-state index contributed by atoms with van der Waals surface area (Å²) in [5.41, 5.74) is 0.751. The van der Waals surface area contributed by atoms with E-state index in [4.69, 9.17) is 0 Å². The van der Waals surface area contributed by atoms with Crippen molar-refractivity contribution < 1.29 is 4.79 Å². The molecule has 1 aromatic carbocycles. The molecule has 1 aromatic rings. The first kappa shape index (κ1) is 13.0. The lowest BCUT2D eigenvalue weighted by atomic mass is 10.2. The molecule has 15 heavy (non-hydrogen) atoms. The molecule has 0 N–H and O–H groups in total. The maximum Gasteiger partial charge on any atom is 0.254 e. The maximum atomic E-state index is 12.1. The molecule has 0 heterocycles. The van der Waals surface area contributed by atoms with Crippen LogP contribution in [0.1, 0.15) is 24.2 Å². The molecule has 0 saturated carbocycles. The molecule has 2 nitrogen and oxygen atoms in total. The van der Waals surface area contributed by atoms with Crippen LogP contribution in [-0.2, 0) is 0 Å². The van der Waals surface area contributed by atoms with Crippen LogP contribution in [0, 0.1) is 3.57 Å². The molecule has 0 spiro atoms. The summed E-state index contributed by atoms with van der Waals surface area (Å²) < 4.78 is 1.91. The molecule has 0 saturated heterocycles. The Balaban J connectivity index is 3.05. The Morgan fingerprint density at radius 3 is 2.60 bits per heavy atom. The summed E-state index contributed by atoms with van der Waals surface area (Å²) in [6.07, 6.45) is 0. The summed E-state index contributed by atoms with van der Waals surface area (Å²) in [5, 5.41) is 0. The number of amides is 1. The SMILES string of the molecule is CC(C)N(C)C(=O)c1cc(Br)ccc1I. The topological polar surface area (TPSA) is 20.3 Å². The molecule has 1 rings (SSSR count). The predicted molar refractivity (Wildman–Crippen MR) is 74.1 cm³/mol. The Labute approximate surface area is 112 Å². The zero-order valence-electron chi connectivity index (χ0n) is 8.92. The third-order valence-electron chi connectivity index (χ3n) is 2.25. The standard InChI is InChI=1S/C11H13BrINO/c1-7(2)14(3)11(15)9-6-8(12)4-5-10(9)13/h4-7H,1-3H3. The second-order valence-corrected chi connectivity index (χ2v) is 5.71. The van der Waals surface area contributed by atoms with Crippen LogP contribution in [0.5, 0.6) is 0 Å². The molecule has 0 bridgehead atoms. The quantitative estimate of drug-likeness (QED) is 0.717. The Kier molecular flexibility index (Phi) is 4.58. The lowest BCUT2D eigenvalue weighted by molar-refractivity contribution is 0.0754. The van der Waals surface area contributed by atoms with Crippen LogP contribution in [0.3, 0.4) is 0 Å². The van der Waals surface area contributed by atoms with Crippen LogP contribution in [0.2, 0.25) is 0 Å². The predicted octanol–water partition coefficient (Wildman–Crippen LogP) is 3.53. The van der Waals surface area contributed by atoms with Gasteiger partial charge in [0.05, 0.1) is 5.56 Å². The molecule has 0 aromatic heterocycles. The molecular weight excluding hydrogens is 369 g/mol. The number of halogens is 2. The van der Waals surface area contributed by atoms with Gasteiger partial charge >= 0.3 is 0 Å². The Hall–Kier alpha value is -0.100. The number of benzene rings is 1. The fourth-order valence-corrected chi connectivity index (χ4v) is 2.01. The number of carbonyl (C=O) groups excluding carboxylic acids is 1. The highest BCUT2D eigenvalue weighted by Gasteiger charge is 2.16. The van der Waals surface area contributed by atoms with E-state index in [-0.39, 0.29) is 11.9 Å². The van der Waals surface area contributed by atoms with Crippen molar-refractivity contribution in [1.29, 1.82) is 0 Å². The fraction of sp³-hybridized carbons (Fsp3) is 0.364. The molecular formula is C11H13BrINO. The first-order chi connectivity index (χ1) is 6.93. The first-order valence-corrected chi connectivity index (χ1v) is 6.53. The molecule has 82 valence electrons. The number of hydrogen-bond donors (Lipinski definition) is 0. The van der Waals surface area contributed by atoms with Crippen LogP contribution in [0.4, 0.5) is 0 Å². The molecule has 0 aliphatic heterocycles. The average molecular weight is 382 g/mol. The van der Waals surface area contributed by atoms with Gasteiger partial charge in [0.15, 0.2) is 0 Å². The van der Waals surface area contributed by atoms with E-state index in [2.05, 4.69) is 38.5 Å². The van der Waals surface area contributed by atoms with Crippen molar-refractivity contribution in [3.8, 4) is 0 Å². The summed E-state index contributed by atoms with van der Waals surface area (Å²) in [5.74, 6) is 0.0655. The third kappa shape index (κ3) is 3.17. The summed E-state index contributed by atoms with van der Waals surface area (Å²) >= 11 is 5.56. The zero-order valence-corrected chi connectivity index (χ0v) is 12.7. The monoisotopic (exact) mass is 381 g/mol. The fourth-order valence-electron chi connectivity index (χ4n) is 1.09. The number of nitrogens with zero attached hydrogens (tertiary/aromatic N) is 1. The number of carbonyl (C=O) groups is 1. The van der Waals surface area contributed by atoms with Crippen molar-refractivity contribution in [1.82, 2.24) is 4.90 Å². The lowest BCUT2D eigenvalue weighted by Gasteiger charge is -2.22. The van der Waals surface area contributed by atoms with Crippen molar-refractivity contribution >= 4 is 44.4 Å². The highest BCUT2D eigenvalue weighted by atomic mass is 127. The normalized spacial score (nSPS) is 10.5. The van der Waals surface area contributed by atoms with E-state index in [1.54, 1.807) is 4.90 Å². The highest BCUT2D eigenvalue weighted by Crippen LogP contribution is 2.20. The van der Waals surface area contributed by atoms with Gasteiger partial charge in [0.2, 0.25) is 0 Å². The molecule has 0 aliphatic rings. The van der Waals surface area contributed by atoms with Gasteiger partial charge in [0.1, 0.15) is 0 Å². The van der Waals surface area contributed by atoms with Gasteiger partial charge in [-0.05, 0) is 54.6 Å². The van der Waals surface area contributed by atoms with E-state index in [1.807, 2.05) is 39.1 Å². The summed E-state index contributed by atoms with van der Waals surface area (Å²) in [6.45, 7) is 4.01. The van der Waals surface area contributed by atoms with Gasteiger partial charge in [-0.15, -0.1) is 0 Å². The minimum atomic E-state index is 0.0655. The maximum absolute atomic E-state index is 12.1. The van der Waals surface area contributed by atoms with Crippen molar-refractivity contribution in [2.75, 3.05) is 7.05 Å². The Morgan fingerprint density at radius 1 is 1.47 bits per heavy atom. The van der Waals surface area contributed by atoms with E-state index in [0.29, 0.717) is 0 Å². The minimum Gasteiger partial charge on any atom is -0.339 e. The smallest absolute Gasteiger partial charge is 0.254 e. The first-order valence-electron chi connectivity index (χ1n) is 4.65. The van der Waals surface area contributed by atoms with Crippen molar-refractivity contribution in [2.45, 2.75) is 19.9 Å². The highest BCUT2D eigenvalue weighted by molar-refractivity contribution is 14.1. The lowest BCUT2D eigenvalue weighted by Crippen LogP contribution is -2.33. The van der Waals surface area contributed by atoms with Crippen LogP contribution in [-0.4, -0.2) is 23.9 Å². The van der Waals surface area contributed by atoms with E-state index < -0.39 is 0 Å².